The first-order chi connectivity index (χ1) is 12.7. The standard InChI is InChI=1S/C20H28N4O2S/c1-19(2,3)27(26)24-17-11-20(6-7-21-12-20)10-14(17)8-13-4-5-15-16(9-13)23-18(25)22-15/h4-5,9,14,21H,6-8,10-12H2,1-3H3,(H2,22,23,25). The molecule has 2 aromatic rings. The van der Waals surface area contributed by atoms with Crippen molar-refractivity contribution in [3.8, 4) is 0 Å². The first-order valence-corrected chi connectivity index (χ1v) is 10.8. The van der Waals surface area contributed by atoms with Crippen LogP contribution in [0.4, 0.5) is 0 Å². The van der Waals surface area contributed by atoms with Crippen LogP contribution in [0, 0.1) is 11.3 Å². The molecule has 1 aliphatic carbocycles. The Morgan fingerprint density at radius 2 is 2.04 bits per heavy atom. The molecule has 2 fully saturated rings. The Bertz CT molecular complexity index is 960. The van der Waals surface area contributed by atoms with Crippen LogP contribution in [0.3, 0.4) is 0 Å². The Kier molecular flexibility index (Phi) is 4.63. The number of H-pyrrole nitrogens is 2. The molecule has 6 nitrogen and oxygen atoms in total. The number of aromatic amines is 2. The summed E-state index contributed by atoms with van der Waals surface area (Å²) < 4.78 is 17.0. The highest BCUT2D eigenvalue weighted by molar-refractivity contribution is 7.85. The second kappa shape index (κ2) is 6.71. The number of hydrogen-bond donors (Lipinski definition) is 3. The summed E-state index contributed by atoms with van der Waals surface area (Å²) >= 11 is 0. The predicted octanol–water partition coefficient (Wildman–Crippen LogP) is 2.69. The molecule has 1 aromatic heterocycles. The van der Waals surface area contributed by atoms with E-state index < -0.39 is 11.0 Å². The van der Waals surface area contributed by atoms with E-state index in [2.05, 4.69) is 21.4 Å². The minimum Gasteiger partial charge on any atom is -0.316 e. The number of imidazole rings is 1. The van der Waals surface area contributed by atoms with Gasteiger partial charge in [0.25, 0.3) is 0 Å². The van der Waals surface area contributed by atoms with Gasteiger partial charge in [-0.3, -0.25) is 0 Å². The zero-order chi connectivity index (χ0) is 19.2. The van der Waals surface area contributed by atoms with Gasteiger partial charge in [0.1, 0.15) is 11.0 Å². The molecule has 1 saturated carbocycles. The molecule has 3 unspecified atom stereocenters. The normalized spacial score (nSPS) is 28.6. The molecular formula is C20H28N4O2S. The van der Waals surface area contributed by atoms with Crippen LogP contribution < -0.4 is 11.0 Å². The number of rotatable bonds is 3. The average molecular weight is 389 g/mol. The van der Waals surface area contributed by atoms with Crippen molar-refractivity contribution in [2.75, 3.05) is 13.1 Å². The number of nitrogens with one attached hydrogen (secondary N) is 3. The molecule has 0 amide bonds. The molecule has 1 saturated heterocycles. The summed E-state index contributed by atoms with van der Waals surface area (Å²) in [6.45, 7) is 7.99. The third kappa shape index (κ3) is 3.80. The molecule has 3 atom stereocenters. The van der Waals surface area contributed by atoms with Gasteiger partial charge in [0.05, 0.1) is 15.8 Å². The minimum atomic E-state index is -1.23. The van der Waals surface area contributed by atoms with Crippen molar-refractivity contribution in [3.63, 3.8) is 0 Å². The van der Waals surface area contributed by atoms with Crippen LogP contribution in [-0.4, -0.2) is 37.7 Å². The summed E-state index contributed by atoms with van der Waals surface area (Å²) in [4.78, 5) is 17.1. The van der Waals surface area contributed by atoms with Crippen molar-refractivity contribution >= 4 is 27.7 Å². The van der Waals surface area contributed by atoms with Gasteiger partial charge >= 0.3 is 5.69 Å². The summed E-state index contributed by atoms with van der Waals surface area (Å²) in [5, 5.41) is 3.50. The number of aromatic nitrogens is 2. The van der Waals surface area contributed by atoms with Crippen molar-refractivity contribution in [1.29, 1.82) is 0 Å². The van der Waals surface area contributed by atoms with Crippen molar-refractivity contribution in [1.82, 2.24) is 15.3 Å². The monoisotopic (exact) mass is 388 g/mol. The van der Waals surface area contributed by atoms with Crippen LogP contribution in [0.2, 0.25) is 0 Å². The van der Waals surface area contributed by atoms with Gasteiger partial charge in [-0.25, -0.2) is 9.00 Å². The Hall–Kier alpha value is -1.73. The molecule has 2 heterocycles. The van der Waals surface area contributed by atoms with E-state index in [1.54, 1.807) is 0 Å². The lowest BCUT2D eigenvalue weighted by molar-refractivity contribution is 0.320. The maximum absolute atomic E-state index is 12.7. The summed E-state index contributed by atoms with van der Waals surface area (Å²) in [5.41, 5.74) is 4.04. The van der Waals surface area contributed by atoms with Crippen LogP contribution in [0.1, 0.15) is 45.6 Å². The van der Waals surface area contributed by atoms with E-state index in [1.807, 2.05) is 32.9 Å². The first-order valence-electron chi connectivity index (χ1n) is 9.65. The number of hydrogen-bond acceptors (Lipinski definition) is 3. The van der Waals surface area contributed by atoms with E-state index in [0.717, 1.165) is 55.5 Å². The van der Waals surface area contributed by atoms with Crippen LogP contribution >= 0.6 is 0 Å². The maximum Gasteiger partial charge on any atom is 0.323 e. The Morgan fingerprint density at radius 1 is 1.26 bits per heavy atom. The van der Waals surface area contributed by atoms with E-state index in [9.17, 15) is 9.00 Å². The topological polar surface area (TPSA) is 90.1 Å². The SMILES string of the molecule is CC(C)(C)S(=O)N=C1CC2(CCNC2)CC1Cc1ccc2[nH]c(=O)[nH]c2c1. The fourth-order valence-corrected chi connectivity index (χ4v) is 5.09. The molecule has 1 aliphatic heterocycles. The van der Waals surface area contributed by atoms with Gasteiger partial charge in [0, 0.05) is 18.2 Å². The molecule has 7 heteroatoms. The quantitative estimate of drug-likeness (QED) is 0.755. The van der Waals surface area contributed by atoms with Crippen molar-refractivity contribution in [2.45, 2.75) is 51.2 Å². The lowest BCUT2D eigenvalue weighted by atomic mass is 9.84. The maximum atomic E-state index is 12.7. The van der Waals surface area contributed by atoms with E-state index >= 15 is 0 Å². The molecular weight excluding hydrogens is 360 g/mol. The Labute approximate surface area is 161 Å². The lowest BCUT2D eigenvalue weighted by Crippen LogP contribution is -2.22. The van der Waals surface area contributed by atoms with Crippen LogP contribution in [0.25, 0.3) is 11.0 Å². The largest absolute Gasteiger partial charge is 0.323 e. The number of fused-ring (bicyclic) bond motifs is 1. The van der Waals surface area contributed by atoms with Gasteiger partial charge in [0.2, 0.25) is 0 Å². The zero-order valence-electron chi connectivity index (χ0n) is 16.2. The van der Waals surface area contributed by atoms with E-state index in [4.69, 9.17) is 4.40 Å². The Balaban J connectivity index is 1.63. The fraction of sp³-hybridized carbons (Fsp3) is 0.600. The molecule has 27 heavy (non-hydrogen) atoms. The fourth-order valence-electron chi connectivity index (χ4n) is 4.39. The zero-order valence-corrected chi connectivity index (χ0v) is 17.0. The van der Waals surface area contributed by atoms with Gasteiger partial charge in [-0.15, -0.1) is 0 Å². The smallest absolute Gasteiger partial charge is 0.316 e. The average Bonchev–Trinajstić information content (AvgIpc) is 3.26. The molecule has 2 aliphatic rings. The first kappa shape index (κ1) is 18.6. The van der Waals surface area contributed by atoms with Gasteiger partial charge in [-0.1, -0.05) is 6.07 Å². The lowest BCUT2D eigenvalue weighted by Gasteiger charge is -2.20. The molecule has 1 aromatic carbocycles. The molecule has 0 bridgehead atoms. The summed E-state index contributed by atoms with van der Waals surface area (Å²) in [7, 11) is -1.23. The molecule has 3 N–H and O–H groups in total. The number of nitrogens with zero attached hydrogens (tertiary/aromatic N) is 1. The highest BCUT2D eigenvalue weighted by Crippen LogP contribution is 2.46. The minimum absolute atomic E-state index is 0.179. The highest BCUT2D eigenvalue weighted by Gasteiger charge is 2.45. The summed E-state index contributed by atoms with van der Waals surface area (Å²) in [5.74, 6) is 0.305. The molecule has 1 spiro atoms. The highest BCUT2D eigenvalue weighted by atomic mass is 32.2. The Morgan fingerprint density at radius 3 is 2.74 bits per heavy atom. The van der Waals surface area contributed by atoms with Gasteiger partial charge in [-0.05, 0) is 76.1 Å². The third-order valence-corrected chi connectivity index (χ3v) is 7.27. The third-order valence-electron chi connectivity index (χ3n) is 5.83. The van der Waals surface area contributed by atoms with Gasteiger partial charge in [0.15, 0.2) is 0 Å². The van der Waals surface area contributed by atoms with Crippen molar-refractivity contribution in [3.05, 3.63) is 34.2 Å². The second-order valence-corrected chi connectivity index (χ2v) is 11.0. The molecule has 0 radical (unpaired) electrons. The second-order valence-electron chi connectivity index (χ2n) is 9.11. The van der Waals surface area contributed by atoms with E-state index in [0.29, 0.717) is 5.92 Å². The van der Waals surface area contributed by atoms with Crippen LogP contribution in [0.15, 0.2) is 27.4 Å². The van der Waals surface area contributed by atoms with E-state index in [1.165, 1.54) is 5.56 Å². The van der Waals surface area contributed by atoms with Crippen LogP contribution in [0.5, 0.6) is 0 Å². The van der Waals surface area contributed by atoms with Gasteiger partial charge in [-0.2, -0.15) is 4.40 Å². The van der Waals surface area contributed by atoms with E-state index in [-0.39, 0.29) is 15.9 Å². The molecule has 4 rings (SSSR count). The molecule has 146 valence electrons. The predicted molar refractivity (Wildman–Crippen MR) is 111 cm³/mol. The number of benzene rings is 1. The van der Waals surface area contributed by atoms with Gasteiger partial charge < -0.3 is 15.3 Å². The van der Waals surface area contributed by atoms with Crippen molar-refractivity contribution in [2.24, 2.45) is 15.7 Å². The van der Waals surface area contributed by atoms with Crippen LogP contribution in [-0.2, 0) is 17.4 Å². The van der Waals surface area contributed by atoms with Crippen molar-refractivity contribution < 1.29 is 4.21 Å². The summed E-state index contributed by atoms with van der Waals surface area (Å²) in [6.07, 6.45) is 4.05. The summed E-state index contributed by atoms with van der Waals surface area (Å²) in [6, 6.07) is 6.07.